The fourth-order valence-electron chi connectivity index (χ4n) is 1.54. The van der Waals surface area contributed by atoms with Gasteiger partial charge >= 0.3 is 0 Å². The van der Waals surface area contributed by atoms with Crippen LogP contribution < -0.4 is 5.73 Å². The summed E-state index contributed by atoms with van der Waals surface area (Å²) in [5.74, 6) is 0.491. The zero-order valence-corrected chi connectivity index (χ0v) is 14.2. The van der Waals surface area contributed by atoms with Crippen molar-refractivity contribution in [2.45, 2.75) is 26.4 Å². The lowest BCUT2D eigenvalue weighted by Gasteiger charge is -2.23. The zero-order valence-electron chi connectivity index (χ0n) is 11.1. The molecule has 1 unspecified atom stereocenters. The fourth-order valence-corrected chi connectivity index (χ4v) is 2.33. The number of nitrogens with zero attached hydrogens (tertiary/aromatic N) is 2. The van der Waals surface area contributed by atoms with Gasteiger partial charge in [0.05, 0.1) is 6.54 Å². The van der Waals surface area contributed by atoms with Gasteiger partial charge in [-0.05, 0) is 43.2 Å². The first kappa shape index (κ1) is 17.7. The molecule has 0 aliphatic rings. The summed E-state index contributed by atoms with van der Waals surface area (Å²) >= 11 is 1.57. The average molecular weight is 383 g/mol. The van der Waals surface area contributed by atoms with Crippen molar-refractivity contribution < 1.29 is 5.11 Å². The Labute approximate surface area is 130 Å². The molecular formula is C12H22IN3OS. The van der Waals surface area contributed by atoms with Gasteiger partial charge in [0.25, 0.3) is 0 Å². The molecule has 1 heterocycles. The molecule has 6 heteroatoms. The topological polar surface area (TPSA) is 61.8 Å². The molecule has 0 aliphatic heterocycles. The summed E-state index contributed by atoms with van der Waals surface area (Å²) in [7, 11) is 0. The van der Waals surface area contributed by atoms with Crippen LogP contribution in [0.1, 0.15) is 26.3 Å². The maximum absolute atomic E-state index is 10.3. The van der Waals surface area contributed by atoms with Gasteiger partial charge in [0.15, 0.2) is 5.96 Å². The van der Waals surface area contributed by atoms with Gasteiger partial charge in [0, 0.05) is 13.1 Å². The Morgan fingerprint density at radius 2 is 2.11 bits per heavy atom. The summed E-state index contributed by atoms with van der Waals surface area (Å²) in [6.45, 7) is 7.75. The molecular weight excluding hydrogens is 361 g/mol. The Balaban J connectivity index is 0.00000289. The van der Waals surface area contributed by atoms with Gasteiger partial charge in [-0.3, -0.25) is 0 Å². The Bertz CT molecular complexity index is 361. The van der Waals surface area contributed by atoms with E-state index in [0.717, 1.165) is 18.7 Å². The molecule has 0 saturated carbocycles. The van der Waals surface area contributed by atoms with Crippen LogP contribution in [-0.4, -0.2) is 35.6 Å². The summed E-state index contributed by atoms with van der Waals surface area (Å²) in [6, 6.07) is 1.91. The predicted molar refractivity (Wildman–Crippen MR) is 88.7 cm³/mol. The summed E-state index contributed by atoms with van der Waals surface area (Å²) in [5.41, 5.74) is 5.81. The van der Waals surface area contributed by atoms with E-state index in [-0.39, 0.29) is 30.5 Å². The van der Waals surface area contributed by atoms with Crippen LogP contribution in [0.5, 0.6) is 0 Å². The number of halogens is 1. The highest BCUT2D eigenvalue weighted by molar-refractivity contribution is 14.0. The lowest BCUT2D eigenvalue weighted by atomic mass is 10.00. The standard InChI is InChI=1S/C12H21N3OS.HI/c1-4-15(5-2)11(13)14-9-12(3,16)10-6-7-17-8-10;/h6-8,16H,4-5,9H2,1-3H3,(H2,13,14);1H. The molecule has 0 amide bonds. The first-order valence-corrected chi connectivity index (χ1v) is 6.75. The smallest absolute Gasteiger partial charge is 0.191 e. The second kappa shape index (κ2) is 7.96. The van der Waals surface area contributed by atoms with Crippen molar-refractivity contribution in [2.75, 3.05) is 19.6 Å². The van der Waals surface area contributed by atoms with Crippen LogP contribution in [0.3, 0.4) is 0 Å². The van der Waals surface area contributed by atoms with E-state index >= 15 is 0 Å². The summed E-state index contributed by atoms with van der Waals surface area (Å²) < 4.78 is 0. The number of nitrogens with two attached hydrogens (primary N) is 1. The second-order valence-electron chi connectivity index (χ2n) is 4.13. The first-order chi connectivity index (χ1) is 8.01. The molecule has 0 fully saturated rings. The highest BCUT2D eigenvalue weighted by Crippen LogP contribution is 2.23. The molecule has 0 aromatic carbocycles. The molecule has 0 bridgehead atoms. The lowest BCUT2D eigenvalue weighted by Crippen LogP contribution is -2.38. The molecule has 1 atom stereocenters. The molecule has 18 heavy (non-hydrogen) atoms. The maximum Gasteiger partial charge on any atom is 0.191 e. The Morgan fingerprint density at radius 3 is 2.56 bits per heavy atom. The van der Waals surface area contributed by atoms with Crippen molar-refractivity contribution in [1.82, 2.24) is 4.90 Å². The van der Waals surface area contributed by atoms with Gasteiger partial charge in [0.1, 0.15) is 5.60 Å². The van der Waals surface area contributed by atoms with E-state index < -0.39 is 5.60 Å². The minimum atomic E-state index is -0.947. The quantitative estimate of drug-likeness (QED) is 0.466. The number of aliphatic hydroxyl groups is 1. The number of guanidine groups is 1. The summed E-state index contributed by atoms with van der Waals surface area (Å²) in [6.07, 6.45) is 0. The minimum Gasteiger partial charge on any atom is -0.383 e. The SMILES string of the molecule is CCN(CC)C(N)=NCC(C)(O)c1ccsc1.I. The second-order valence-corrected chi connectivity index (χ2v) is 4.91. The predicted octanol–water partition coefficient (Wildman–Crippen LogP) is 2.23. The first-order valence-electron chi connectivity index (χ1n) is 5.81. The largest absolute Gasteiger partial charge is 0.383 e. The Hall–Kier alpha value is -0.340. The van der Waals surface area contributed by atoms with Crippen molar-refractivity contribution in [3.05, 3.63) is 22.4 Å². The molecule has 1 aromatic heterocycles. The highest BCUT2D eigenvalue weighted by atomic mass is 127. The van der Waals surface area contributed by atoms with Gasteiger partial charge in [-0.25, -0.2) is 4.99 Å². The lowest BCUT2D eigenvalue weighted by molar-refractivity contribution is 0.0675. The third-order valence-corrected chi connectivity index (χ3v) is 3.46. The van der Waals surface area contributed by atoms with Crippen LogP contribution in [0.2, 0.25) is 0 Å². The van der Waals surface area contributed by atoms with Crippen molar-refractivity contribution in [2.24, 2.45) is 10.7 Å². The highest BCUT2D eigenvalue weighted by Gasteiger charge is 2.23. The van der Waals surface area contributed by atoms with Crippen LogP contribution in [0.25, 0.3) is 0 Å². The molecule has 4 nitrogen and oxygen atoms in total. The zero-order chi connectivity index (χ0) is 12.9. The van der Waals surface area contributed by atoms with E-state index in [1.54, 1.807) is 18.3 Å². The van der Waals surface area contributed by atoms with Gasteiger partial charge in [-0.2, -0.15) is 11.3 Å². The number of hydrogen-bond donors (Lipinski definition) is 2. The average Bonchev–Trinajstić information content (AvgIpc) is 2.82. The van der Waals surface area contributed by atoms with E-state index in [4.69, 9.17) is 5.73 Å². The summed E-state index contributed by atoms with van der Waals surface area (Å²) in [5, 5.41) is 14.2. The van der Waals surface area contributed by atoms with Gasteiger partial charge in [-0.15, -0.1) is 24.0 Å². The molecule has 0 spiro atoms. The number of thiophene rings is 1. The molecule has 0 radical (unpaired) electrons. The number of aliphatic imine (C=N–C) groups is 1. The van der Waals surface area contributed by atoms with Gasteiger partial charge in [0.2, 0.25) is 0 Å². The van der Waals surface area contributed by atoms with Crippen molar-refractivity contribution >= 4 is 41.3 Å². The van der Waals surface area contributed by atoms with Crippen LogP contribution in [0.4, 0.5) is 0 Å². The monoisotopic (exact) mass is 383 g/mol. The molecule has 3 N–H and O–H groups in total. The van der Waals surface area contributed by atoms with Crippen LogP contribution in [0, 0.1) is 0 Å². The summed E-state index contributed by atoms with van der Waals surface area (Å²) in [4.78, 5) is 6.23. The van der Waals surface area contributed by atoms with Crippen LogP contribution in [0.15, 0.2) is 21.8 Å². The van der Waals surface area contributed by atoms with E-state index in [0.29, 0.717) is 5.96 Å². The van der Waals surface area contributed by atoms with Gasteiger partial charge in [-0.1, -0.05) is 0 Å². The van der Waals surface area contributed by atoms with E-state index in [1.165, 1.54) is 0 Å². The van der Waals surface area contributed by atoms with Gasteiger partial charge < -0.3 is 15.7 Å². The van der Waals surface area contributed by atoms with E-state index in [2.05, 4.69) is 4.99 Å². The number of rotatable bonds is 5. The minimum absolute atomic E-state index is 0. The maximum atomic E-state index is 10.3. The van der Waals surface area contributed by atoms with Crippen molar-refractivity contribution in [3.63, 3.8) is 0 Å². The normalized spacial score (nSPS) is 14.8. The third-order valence-electron chi connectivity index (χ3n) is 2.78. The Kier molecular flexibility index (Phi) is 7.81. The molecule has 1 rings (SSSR count). The number of hydrogen-bond acceptors (Lipinski definition) is 3. The van der Waals surface area contributed by atoms with Crippen molar-refractivity contribution in [3.8, 4) is 0 Å². The Morgan fingerprint density at radius 1 is 1.50 bits per heavy atom. The van der Waals surface area contributed by atoms with Crippen LogP contribution >= 0.6 is 35.3 Å². The van der Waals surface area contributed by atoms with Crippen LogP contribution in [-0.2, 0) is 5.60 Å². The molecule has 104 valence electrons. The fraction of sp³-hybridized carbons (Fsp3) is 0.583. The molecule has 0 aliphatic carbocycles. The van der Waals surface area contributed by atoms with Crippen molar-refractivity contribution in [1.29, 1.82) is 0 Å². The third kappa shape index (κ3) is 4.74. The van der Waals surface area contributed by atoms with E-state index in [1.807, 2.05) is 35.6 Å². The molecule has 0 saturated heterocycles. The molecule has 1 aromatic rings. The van der Waals surface area contributed by atoms with E-state index in [9.17, 15) is 5.11 Å².